The lowest BCUT2D eigenvalue weighted by atomic mass is 9.94. The molecule has 3 nitrogen and oxygen atoms in total. The minimum absolute atomic E-state index is 0.540. The molecule has 3 heteroatoms. The highest BCUT2D eigenvalue weighted by Crippen LogP contribution is 2.22. The van der Waals surface area contributed by atoms with Crippen molar-refractivity contribution in [1.82, 2.24) is 4.90 Å². The maximum atomic E-state index is 5.86. The first-order valence-electron chi connectivity index (χ1n) is 7.92. The average molecular weight is 276 g/mol. The van der Waals surface area contributed by atoms with Crippen molar-refractivity contribution in [2.45, 2.75) is 51.1 Å². The third-order valence-electron chi connectivity index (χ3n) is 4.30. The maximum absolute atomic E-state index is 5.86. The maximum Gasteiger partial charge on any atom is 0.123 e. The fourth-order valence-corrected chi connectivity index (χ4v) is 3.01. The van der Waals surface area contributed by atoms with Crippen LogP contribution in [-0.4, -0.2) is 31.1 Å². The van der Waals surface area contributed by atoms with Crippen LogP contribution in [0.15, 0.2) is 24.3 Å². The van der Waals surface area contributed by atoms with Crippen molar-refractivity contribution in [3.8, 4) is 5.75 Å². The molecule has 1 aromatic carbocycles. The third-order valence-corrected chi connectivity index (χ3v) is 4.30. The average Bonchev–Trinajstić information content (AvgIpc) is 2.52. The first-order chi connectivity index (χ1) is 9.81. The van der Waals surface area contributed by atoms with E-state index >= 15 is 0 Å². The van der Waals surface area contributed by atoms with E-state index in [1.54, 1.807) is 0 Å². The van der Waals surface area contributed by atoms with Crippen LogP contribution in [0, 0.1) is 0 Å². The van der Waals surface area contributed by atoms with Crippen molar-refractivity contribution in [2.75, 3.05) is 20.2 Å². The summed E-state index contributed by atoms with van der Waals surface area (Å²) in [6, 6.07) is 8.84. The molecule has 0 aliphatic heterocycles. The smallest absolute Gasteiger partial charge is 0.123 e. The Morgan fingerprint density at radius 2 is 1.95 bits per heavy atom. The molecule has 2 N–H and O–H groups in total. The van der Waals surface area contributed by atoms with Gasteiger partial charge in [-0.05, 0) is 32.4 Å². The molecular formula is C17H28N2O. The number of benzene rings is 1. The molecule has 2 rings (SSSR count). The van der Waals surface area contributed by atoms with E-state index < -0.39 is 0 Å². The van der Waals surface area contributed by atoms with Crippen LogP contribution in [-0.2, 0) is 6.54 Å². The number of hydrogen-bond acceptors (Lipinski definition) is 3. The molecular weight excluding hydrogens is 248 g/mol. The number of nitrogens with two attached hydrogens (primary N) is 1. The fourth-order valence-electron chi connectivity index (χ4n) is 3.01. The summed E-state index contributed by atoms with van der Waals surface area (Å²) in [4.78, 5) is 2.51. The molecule has 1 aliphatic carbocycles. The first kappa shape index (κ1) is 15.3. The van der Waals surface area contributed by atoms with Gasteiger partial charge in [0.2, 0.25) is 0 Å². The summed E-state index contributed by atoms with van der Waals surface area (Å²) in [5.74, 6) is 0.940. The fraction of sp³-hybridized carbons (Fsp3) is 0.647. The Bertz CT molecular complexity index is 388. The Balaban J connectivity index is 1.68. The molecule has 1 saturated carbocycles. The number of nitrogens with zero attached hydrogens (tertiary/aromatic N) is 1. The minimum Gasteiger partial charge on any atom is -0.493 e. The molecule has 0 bridgehead atoms. The second kappa shape index (κ2) is 8.28. The molecule has 0 atom stereocenters. The highest BCUT2D eigenvalue weighted by molar-refractivity contribution is 5.32. The molecule has 1 fully saturated rings. The number of hydrogen-bond donors (Lipinski definition) is 1. The van der Waals surface area contributed by atoms with Gasteiger partial charge in [0.1, 0.15) is 5.75 Å². The monoisotopic (exact) mass is 276 g/mol. The van der Waals surface area contributed by atoms with Gasteiger partial charge in [0.25, 0.3) is 0 Å². The zero-order chi connectivity index (χ0) is 14.2. The van der Waals surface area contributed by atoms with Crippen molar-refractivity contribution >= 4 is 0 Å². The van der Waals surface area contributed by atoms with E-state index in [2.05, 4.69) is 11.9 Å². The standard InChI is InChI=1S/C17H28N2O/c1-19(16-9-3-2-4-10-16)12-7-13-20-17-11-6-5-8-15(17)14-18/h5-6,8,11,16H,2-4,7,9-10,12-14,18H2,1H3. The highest BCUT2D eigenvalue weighted by Gasteiger charge is 2.17. The van der Waals surface area contributed by atoms with E-state index in [1.807, 2.05) is 24.3 Å². The van der Waals surface area contributed by atoms with E-state index in [4.69, 9.17) is 10.5 Å². The van der Waals surface area contributed by atoms with Gasteiger partial charge in [-0.15, -0.1) is 0 Å². The molecule has 0 spiro atoms. The van der Waals surface area contributed by atoms with Crippen LogP contribution in [0.3, 0.4) is 0 Å². The third kappa shape index (κ3) is 4.50. The van der Waals surface area contributed by atoms with E-state index in [1.165, 1.54) is 32.1 Å². The summed E-state index contributed by atoms with van der Waals surface area (Å²) in [6.45, 7) is 2.43. The van der Waals surface area contributed by atoms with Crippen molar-refractivity contribution in [3.63, 3.8) is 0 Å². The van der Waals surface area contributed by atoms with Crippen molar-refractivity contribution < 1.29 is 4.74 Å². The van der Waals surface area contributed by atoms with Gasteiger partial charge in [0.05, 0.1) is 6.61 Å². The van der Waals surface area contributed by atoms with Crippen LogP contribution in [0.4, 0.5) is 0 Å². The van der Waals surface area contributed by atoms with Gasteiger partial charge in [-0.1, -0.05) is 37.5 Å². The lowest BCUT2D eigenvalue weighted by Gasteiger charge is -2.31. The second-order valence-electron chi connectivity index (χ2n) is 5.79. The zero-order valence-corrected chi connectivity index (χ0v) is 12.7. The molecule has 0 amide bonds. The summed E-state index contributed by atoms with van der Waals surface area (Å²) < 4.78 is 5.86. The van der Waals surface area contributed by atoms with Crippen molar-refractivity contribution in [2.24, 2.45) is 5.73 Å². The van der Waals surface area contributed by atoms with Crippen LogP contribution >= 0.6 is 0 Å². The van der Waals surface area contributed by atoms with Gasteiger partial charge in [0, 0.05) is 24.7 Å². The molecule has 0 saturated heterocycles. The summed E-state index contributed by atoms with van der Waals surface area (Å²) in [5, 5.41) is 0. The highest BCUT2D eigenvalue weighted by atomic mass is 16.5. The molecule has 20 heavy (non-hydrogen) atoms. The van der Waals surface area contributed by atoms with E-state index in [0.717, 1.165) is 36.9 Å². The number of rotatable bonds is 7. The molecule has 1 aromatic rings. The quantitative estimate of drug-likeness (QED) is 0.777. The first-order valence-corrected chi connectivity index (χ1v) is 7.92. The molecule has 0 unspecified atom stereocenters. The van der Waals surface area contributed by atoms with Gasteiger partial charge in [0.15, 0.2) is 0 Å². The lowest BCUT2D eigenvalue weighted by Crippen LogP contribution is -2.34. The van der Waals surface area contributed by atoms with Gasteiger partial charge in [-0.2, -0.15) is 0 Å². The van der Waals surface area contributed by atoms with Crippen LogP contribution in [0.25, 0.3) is 0 Å². The van der Waals surface area contributed by atoms with Gasteiger partial charge < -0.3 is 15.4 Å². The normalized spacial score (nSPS) is 16.6. The second-order valence-corrected chi connectivity index (χ2v) is 5.79. The minimum atomic E-state index is 0.540. The Kier molecular flexibility index (Phi) is 6.34. The van der Waals surface area contributed by atoms with Crippen molar-refractivity contribution in [1.29, 1.82) is 0 Å². The topological polar surface area (TPSA) is 38.5 Å². The summed E-state index contributed by atoms with van der Waals surface area (Å²) in [7, 11) is 2.25. The Labute approximate surface area is 123 Å². The van der Waals surface area contributed by atoms with Gasteiger partial charge >= 0.3 is 0 Å². The predicted molar refractivity (Wildman–Crippen MR) is 83.9 cm³/mol. The Morgan fingerprint density at radius 3 is 2.70 bits per heavy atom. The van der Waals surface area contributed by atoms with Crippen LogP contribution in [0.1, 0.15) is 44.1 Å². The number of para-hydroxylation sites is 1. The van der Waals surface area contributed by atoms with Crippen LogP contribution in [0.2, 0.25) is 0 Å². The van der Waals surface area contributed by atoms with Crippen molar-refractivity contribution in [3.05, 3.63) is 29.8 Å². The van der Waals surface area contributed by atoms with Gasteiger partial charge in [-0.3, -0.25) is 0 Å². The van der Waals surface area contributed by atoms with E-state index in [0.29, 0.717) is 6.54 Å². The molecule has 0 heterocycles. The van der Waals surface area contributed by atoms with E-state index in [-0.39, 0.29) is 0 Å². The van der Waals surface area contributed by atoms with E-state index in [9.17, 15) is 0 Å². The SMILES string of the molecule is CN(CCCOc1ccccc1CN)C1CCCCC1. The van der Waals surface area contributed by atoms with Crippen LogP contribution < -0.4 is 10.5 Å². The van der Waals surface area contributed by atoms with Gasteiger partial charge in [-0.25, -0.2) is 0 Å². The lowest BCUT2D eigenvalue weighted by molar-refractivity contribution is 0.176. The predicted octanol–water partition coefficient (Wildman–Crippen LogP) is 3.18. The molecule has 112 valence electrons. The summed E-state index contributed by atoms with van der Waals surface area (Å²) in [6.07, 6.45) is 8.03. The van der Waals surface area contributed by atoms with Crippen LogP contribution in [0.5, 0.6) is 5.75 Å². The Hall–Kier alpha value is -1.06. The molecule has 0 radical (unpaired) electrons. The summed E-state index contributed by atoms with van der Waals surface area (Å²) in [5.41, 5.74) is 6.80. The molecule has 0 aromatic heterocycles. The largest absolute Gasteiger partial charge is 0.493 e. The summed E-state index contributed by atoms with van der Waals surface area (Å²) >= 11 is 0. The zero-order valence-electron chi connectivity index (χ0n) is 12.7. The Morgan fingerprint density at radius 1 is 1.20 bits per heavy atom. The number of ether oxygens (including phenoxy) is 1. The molecule has 1 aliphatic rings.